The van der Waals surface area contributed by atoms with Crippen LogP contribution < -0.4 is 9.47 Å². The fraction of sp³-hybridized carbons (Fsp3) is 0.516. The molecule has 0 spiro atoms. The number of benzene rings is 5. The van der Waals surface area contributed by atoms with Crippen molar-refractivity contribution in [2.75, 3.05) is 39.6 Å². The number of hydrogen-bond donors (Lipinski definition) is 13. The van der Waals surface area contributed by atoms with E-state index in [1.54, 1.807) is 42.5 Å². The number of aryl methyl sites for hydroxylation is 3. The van der Waals surface area contributed by atoms with Crippen LogP contribution in [0.25, 0.3) is 0 Å². The summed E-state index contributed by atoms with van der Waals surface area (Å²) in [4.78, 5) is 0. The second kappa shape index (κ2) is 36.1. The second-order valence-electron chi connectivity index (χ2n) is 20.8. The van der Waals surface area contributed by atoms with Crippen LogP contribution in [0.5, 0.6) is 17.2 Å². The molecule has 0 aromatic heterocycles. The van der Waals surface area contributed by atoms with Crippen LogP contribution in [-0.4, -0.2) is 198 Å². The normalized spacial score (nSPS) is 27.4. The molecule has 8 rings (SSSR count). The summed E-state index contributed by atoms with van der Waals surface area (Å²) in [6.45, 7) is 0.0377. The van der Waals surface area contributed by atoms with Gasteiger partial charge in [-0.05, 0) is 135 Å². The molecule has 3 fully saturated rings. The standard InChI is InChI=1S/2C23H29FO7.C16H24O7/c24-18-7-2-1-6-16(18)14-30-17-10-8-15(9-11-17)5-3-4-12-29-23-22(28)21(27)20(26)19(13-25)31-23;24-17-8-4-16(5-9-17)14-30-18-10-6-15(7-11-18)3-1-2-12-29-23-22(28)21(27)20(26)19(13-25)31-23;17-9-12-13(19)14(20)15(21)16(23-12)22-8-2-1-3-10-4-6-11(18)7-5-10/h1-2,6-11,19-23,25-28H,3-5,12-14H2;4-11,19-23,25-28H,1-3,12-14H2;4-7,12-21H,1-3,8-9H2/t2*19-,20-,21+,22-,23-;12-,13-,14+,15-,16-/m111/s1. The maximum Gasteiger partial charge on any atom is 0.186 e. The van der Waals surface area contributed by atoms with E-state index in [1.165, 1.54) is 18.2 Å². The van der Waals surface area contributed by atoms with E-state index in [0.717, 1.165) is 72.9 Å². The van der Waals surface area contributed by atoms with Gasteiger partial charge in [-0.25, -0.2) is 8.78 Å². The lowest BCUT2D eigenvalue weighted by atomic mass is 9.99. The van der Waals surface area contributed by atoms with E-state index in [4.69, 9.17) is 43.0 Å². The number of aromatic hydroxyl groups is 1. The Labute approximate surface area is 492 Å². The Balaban J connectivity index is 0.000000207. The number of hydrogen-bond acceptors (Lipinski definition) is 21. The molecule has 0 unspecified atom stereocenters. The Morgan fingerprint density at radius 2 is 0.706 bits per heavy atom. The zero-order valence-electron chi connectivity index (χ0n) is 47.1. The van der Waals surface area contributed by atoms with Crippen LogP contribution >= 0.6 is 0 Å². The minimum atomic E-state index is -1.44. The molecule has 0 bridgehead atoms. The Hall–Kier alpha value is -5.36. The van der Waals surface area contributed by atoms with Gasteiger partial charge in [-0.3, -0.25) is 0 Å². The number of phenolic OH excluding ortho intramolecular Hbond substituents is 1. The number of rotatable bonds is 27. The van der Waals surface area contributed by atoms with Crippen LogP contribution in [0, 0.1) is 11.6 Å². The predicted octanol–water partition coefficient (Wildman–Crippen LogP) is 2.62. The van der Waals surface area contributed by atoms with Gasteiger partial charge in [0.2, 0.25) is 0 Å². The molecule has 23 heteroatoms. The van der Waals surface area contributed by atoms with Gasteiger partial charge >= 0.3 is 0 Å². The quantitative estimate of drug-likeness (QED) is 0.0336. The van der Waals surface area contributed by atoms with Crippen LogP contribution in [0.1, 0.15) is 66.3 Å². The molecule has 21 nitrogen and oxygen atoms in total. The third kappa shape index (κ3) is 21.8. The van der Waals surface area contributed by atoms with Crippen LogP contribution in [0.3, 0.4) is 0 Å². The van der Waals surface area contributed by atoms with Crippen molar-refractivity contribution in [3.05, 3.63) is 161 Å². The van der Waals surface area contributed by atoms with E-state index in [2.05, 4.69) is 0 Å². The highest BCUT2D eigenvalue weighted by molar-refractivity contribution is 5.30. The van der Waals surface area contributed by atoms with Gasteiger partial charge in [-0.15, -0.1) is 0 Å². The number of phenols is 1. The molecule has 3 aliphatic heterocycles. The fourth-order valence-electron chi connectivity index (χ4n) is 9.20. The van der Waals surface area contributed by atoms with Crippen LogP contribution in [0.2, 0.25) is 0 Å². The smallest absolute Gasteiger partial charge is 0.186 e. The summed E-state index contributed by atoms with van der Waals surface area (Å²) in [6, 6.07) is 35.0. The van der Waals surface area contributed by atoms with E-state index in [1.807, 2.05) is 60.7 Å². The number of halogens is 2. The van der Waals surface area contributed by atoms with E-state index in [9.17, 15) is 70.1 Å². The molecule has 5 aromatic carbocycles. The van der Waals surface area contributed by atoms with Crippen molar-refractivity contribution in [3.63, 3.8) is 0 Å². The van der Waals surface area contributed by atoms with E-state index in [0.29, 0.717) is 50.6 Å². The molecule has 0 amide bonds. The van der Waals surface area contributed by atoms with Gasteiger partial charge in [-0.1, -0.05) is 66.7 Å². The van der Waals surface area contributed by atoms with Gasteiger partial charge in [0, 0.05) is 25.4 Å². The second-order valence-corrected chi connectivity index (χ2v) is 20.8. The van der Waals surface area contributed by atoms with Gasteiger partial charge in [0.1, 0.15) is 115 Å². The third-order valence-corrected chi connectivity index (χ3v) is 14.4. The molecule has 0 radical (unpaired) electrons. The van der Waals surface area contributed by atoms with Crippen molar-refractivity contribution < 1.29 is 113 Å². The zero-order chi connectivity index (χ0) is 61.3. The van der Waals surface area contributed by atoms with E-state index < -0.39 is 112 Å². The largest absolute Gasteiger partial charge is 0.508 e. The van der Waals surface area contributed by atoms with Gasteiger partial charge in [0.25, 0.3) is 0 Å². The van der Waals surface area contributed by atoms with E-state index in [-0.39, 0.29) is 24.0 Å². The molecule has 0 aliphatic carbocycles. The number of aliphatic hydroxyl groups excluding tert-OH is 12. The van der Waals surface area contributed by atoms with Gasteiger partial charge in [0.05, 0.1) is 19.8 Å². The van der Waals surface area contributed by atoms with E-state index >= 15 is 0 Å². The molecule has 3 aliphatic rings. The van der Waals surface area contributed by atoms with Crippen molar-refractivity contribution >= 4 is 0 Å². The third-order valence-electron chi connectivity index (χ3n) is 14.4. The minimum Gasteiger partial charge on any atom is -0.508 e. The molecular weight excluding hydrogens is 1120 g/mol. The highest BCUT2D eigenvalue weighted by Gasteiger charge is 2.46. The molecule has 470 valence electrons. The Kier molecular flexibility index (Phi) is 29.2. The maximum absolute atomic E-state index is 13.6. The first kappa shape index (κ1) is 68.7. The molecule has 3 saturated heterocycles. The molecule has 13 N–H and O–H groups in total. The highest BCUT2D eigenvalue weighted by Crippen LogP contribution is 2.26. The first-order valence-electron chi connectivity index (χ1n) is 28.5. The summed E-state index contributed by atoms with van der Waals surface area (Å²) in [5, 5.41) is 125. The van der Waals surface area contributed by atoms with Crippen molar-refractivity contribution in [1.82, 2.24) is 0 Å². The highest BCUT2D eigenvalue weighted by atomic mass is 19.1. The average molecular weight is 1200 g/mol. The average Bonchev–Trinajstić information content (AvgIpc) is 3.72. The molecular formula is C62H82F2O21. The maximum atomic E-state index is 13.6. The zero-order valence-corrected chi connectivity index (χ0v) is 47.1. The fourth-order valence-corrected chi connectivity index (χ4v) is 9.20. The Bertz CT molecular complexity index is 2600. The number of unbranched alkanes of at least 4 members (excludes halogenated alkanes) is 3. The van der Waals surface area contributed by atoms with Crippen LogP contribution in [0.4, 0.5) is 8.78 Å². The molecule has 0 saturated carbocycles. The van der Waals surface area contributed by atoms with Crippen molar-refractivity contribution in [3.8, 4) is 17.2 Å². The van der Waals surface area contributed by atoms with Crippen LogP contribution in [-0.2, 0) is 60.9 Å². The lowest BCUT2D eigenvalue weighted by Crippen LogP contribution is -2.59. The first-order chi connectivity index (χ1) is 41.0. The van der Waals surface area contributed by atoms with Gasteiger partial charge in [-0.2, -0.15) is 0 Å². The van der Waals surface area contributed by atoms with Gasteiger partial charge < -0.3 is 104 Å². The lowest BCUT2D eigenvalue weighted by molar-refractivity contribution is -0.301. The first-order valence-corrected chi connectivity index (χ1v) is 28.5. The number of aliphatic hydroxyl groups is 12. The SMILES string of the molecule is OC[C@H]1O[C@@H](OCCCCc2ccc(O)cc2)[C@H](O)[C@@H](O)[C@@H]1O.OC[C@H]1O[C@@H](OCCCCc2ccc(OCc3ccc(F)cc3)cc2)[C@H](O)[C@@H](O)[C@@H]1O.OC[C@H]1O[C@@H](OCCCCc2ccc(OCc3ccccc3F)cc2)[C@H](O)[C@@H](O)[C@@H]1O. The topological polar surface area (TPSA) is 337 Å². The molecule has 5 aromatic rings. The summed E-state index contributed by atoms with van der Waals surface area (Å²) in [7, 11) is 0. The Morgan fingerprint density at radius 3 is 1.07 bits per heavy atom. The molecule has 3 heterocycles. The molecule has 85 heavy (non-hydrogen) atoms. The summed E-state index contributed by atoms with van der Waals surface area (Å²) < 4.78 is 70.1. The monoisotopic (exact) mass is 1200 g/mol. The van der Waals surface area contributed by atoms with Crippen molar-refractivity contribution in [2.24, 2.45) is 0 Å². The van der Waals surface area contributed by atoms with Crippen molar-refractivity contribution in [1.29, 1.82) is 0 Å². The summed E-state index contributed by atoms with van der Waals surface area (Å²) in [6.07, 6.45) is -11.6. The van der Waals surface area contributed by atoms with Crippen molar-refractivity contribution in [2.45, 2.75) is 163 Å². The molecule has 15 atom stereocenters. The summed E-state index contributed by atoms with van der Waals surface area (Å²) in [5.41, 5.74) is 4.76. The minimum absolute atomic E-state index is 0.168. The summed E-state index contributed by atoms with van der Waals surface area (Å²) >= 11 is 0. The lowest BCUT2D eigenvalue weighted by Gasteiger charge is -2.39. The van der Waals surface area contributed by atoms with Crippen LogP contribution in [0.15, 0.2) is 121 Å². The summed E-state index contributed by atoms with van der Waals surface area (Å²) in [5.74, 6) is 1.08. The number of ether oxygens (including phenoxy) is 8. The predicted molar refractivity (Wildman–Crippen MR) is 300 cm³/mol. The van der Waals surface area contributed by atoms with Gasteiger partial charge in [0.15, 0.2) is 18.9 Å². The Morgan fingerprint density at radius 1 is 0.365 bits per heavy atom.